The summed E-state index contributed by atoms with van der Waals surface area (Å²) in [5, 5.41) is 21.6. The normalized spacial score (nSPS) is 17.0. The average Bonchev–Trinajstić information content (AvgIpc) is 3.11. The number of ketones is 1. The minimum atomic E-state index is -0.817. The number of aliphatic hydroxyl groups is 1. The van der Waals surface area contributed by atoms with Crippen molar-refractivity contribution in [2.45, 2.75) is 46.1 Å². The number of amides is 1. The number of hydrogen-bond acceptors (Lipinski definition) is 7. The highest BCUT2D eigenvalue weighted by atomic mass is 16.5. The molecule has 8 nitrogen and oxygen atoms in total. The van der Waals surface area contributed by atoms with Crippen LogP contribution in [-0.2, 0) is 9.59 Å². The van der Waals surface area contributed by atoms with Gasteiger partial charge in [0.05, 0.1) is 24.8 Å². The molecule has 1 aliphatic rings. The van der Waals surface area contributed by atoms with Crippen molar-refractivity contribution in [3.8, 4) is 17.2 Å². The molecular weight excluding hydrogens is 472 g/mol. The summed E-state index contributed by atoms with van der Waals surface area (Å²) in [6.45, 7) is 7.78. The van der Waals surface area contributed by atoms with Crippen molar-refractivity contribution in [1.29, 1.82) is 0 Å². The topological polar surface area (TPSA) is 99.5 Å². The molecule has 1 saturated heterocycles. The molecule has 1 heterocycles. The van der Waals surface area contributed by atoms with Gasteiger partial charge in [-0.3, -0.25) is 9.59 Å². The Kier molecular flexibility index (Phi) is 9.58. The predicted octanol–water partition coefficient (Wildman–Crippen LogP) is 4.65. The Balaban J connectivity index is 2.08. The number of nitrogens with zero attached hydrogens (tertiary/aromatic N) is 2. The highest BCUT2D eigenvalue weighted by Gasteiger charge is 2.46. The molecule has 1 fully saturated rings. The van der Waals surface area contributed by atoms with E-state index in [-0.39, 0.29) is 22.8 Å². The van der Waals surface area contributed by atoms with Crippen LogP contribution in [0.5, 0.6) is 17.2 Å². The van der Waals surface area contributed by atoms with E-state index in [2.05, 4.69) is 6.92 Å². The Morgan fingerprint density at radius 3 is 2.43 bits per heavy atom. The summed E-state index contributed by atoms with van der Waals surface area (Å²) >= 11 is 0. The number of rotatable bonds is 12. The van der Waals surface area contributed by atoms with Crippen molar-refractivity contribution in [2.75, 3.05) is 40.4 Å². The summed E-state index contributed by atoms with van der Waals surface area (Å²) in [5.74, 6) is -0.710. The van der Waals surface area contributed by atoms with Crippen LogP contribution < -0.4 is 9.47 Å². The summed E-state index contributed by atoms with van der Waals surface area (Å²) in [6, 6.07) is 9.16. The summed E-state index contributed by atoms with van der Waals surface area (Å²) in [6.07, 6.45) is 2.61. The van der Waals surface area contributed by atoms with E-state index in [1.165, 1.54) is 11.0 Å². The molecule has 3 rings (SSSR count). The van der Waals surface area contributed by atoms with Gasteiger partial charge in [0.15, 0.2) is 11.5 Å². The maximum atomic E-state index is 13.3. The van der Waals surface area contributed by atoms with Gasteiger partial charge in [-0.25, -0.2) is 0 Å². The number of aryl methyl sites for hydroxylation is 1. The number of ether oxygens (including phenoxy) is 2. The van der Waals surface area contributed by atoms with Gasteiger partial charge in [-0.2, -0.15) is 0 Å². The quantitative estimate of drug-likeness (QED) is 0.186. The molecule has 200 valence electrons. The van der Waals surface area contributed by atoms with E-state index in [1.54, 1.807) is 37.3 Å². The standard InChI is InChI=1S/C29H38N2O6/c1-6-8-16-37-23-13-11-21(17-19(23)3)27(33)25-26(20-10-12-22(32)24(18-20)36-7-2)31(29(35)28(25)34)15-9-14-30(4)5/h10-13,17-18,26,32-33H,6-9,14-16H2,1-5H3/b27-25+/t26-/m0/s1. The fourth-order valence-electron chi connectivity index (χ4n) is 4.43. The van der Waals surface area contributed by atoms with Crippen molar-refractivity contribution in [3.63, 3.8) is 0 Å². The lowest BCUT2D eigenvalue weighted by Gasteiger charge is -2.26. The second-order valence-electron chi connectivity index (χ2n) is 9.49. The van der Waals surface area contributed by atoms with Crippen molar-refractivity contribution in [2.24, 2.45) is 0 Å². The molecule has 1 atom stereocenters. The zero-order chi connectivity index (χ0) is 27.1. The van der Waals surface area contributed by atoms with Gasteiger partial charge in [0.2, 0.25) is 0 Å². The van der Waals surface area contributed by atoms with Crippen molar-refractivity contribution < 1.29 is 29.3 Å². The first-order chi connectivity index (χ1) is 17.7. The number of aliphatic hydroxyl groups excluding tert-OH is 1. The third-order valence-electron chi connectivity index (χ3n) is 6.35. The molecule has 2 aromatic rings. The number of aromatic hydroxyl groups is 1. The Hall–Kier alpha value is -3.52. The summed E-state index contributed by atoms with van der Waals surface area (Å²) in [5.41, 5.74) is 1.84. The van der Waals surface area contributed by atoms with E-state index in [1.807, 2.05) is 25.9 Å². The Bertz CT molecular complexity index is 1160. The van der Waals surface area contributed by atoms with E-state index in [0.29, 0.717) is 43.1 Å². The van der Waals surface area contributed by atoms with Crippen LogP contribution in [0.4, 0.5) is 0 Å². The van der Waals surface area contributed by atoms with E-state index in [9.17, 15) is 19.8 Å². The molecule has 0 bridgehead atoms. The third kappa shape index (κ3) is 6.43. The predicted molar refractivity (Wildman–Crippen MR) is 143 cm³/mol. The monoisotopic (exact) mass is 510 g/mol. The number of Topliss-reactive ketones (excluding diaryl/α,β-unsaturated/α-hetero) is 1. The lowest BCUT2D eigenvalue weighted by molar-refractivity contribution is -0.139. The van der Waals surface area contributed by atoms with Crippen LogP contribution in [0.25, 0.3) is 5.76 Å². The van der Waals surface area contributed by atoms with E-state index < -0.39 is 17.7 Å². The van der Waals surface area contributed by atoms with Crippen LogP contribution >= 0.6 is 0 Å². The second kappa shape index (κ2) is 12.6. The number of phenolic OH excluding ortho intramolecular Hbond substituents is 1. The molecule has 37 heavy (non-hydrogen) atoms. The SMILES string of the molecule is CCCCOc1ccc(/C(O)=C2\C(=O)C(=O)N(CCCN(C)C)[C@H]2c2ccc(O)c(OCC)c2)cc1C. The van der Waals surface area contributed by atoms with Crippen LogP contribution in [-0.4, -0.2) is 72.1 Å². The summed E-state index contributed by atoms with van der Waals surface area (Å²) < 4.78 is 11.4. The molecule has 0 unspecified atom stereocenters. The number of carbonyl (C=O) groups excluding carboxylic acids is 2. The second-order valence-corrected chi connectivity index (χ2v) is 9.49. The number of unbranched alkanes of at least 4 members (excludes halogenated alkanes) is 1. The lowest BCUT2D eigenvalue weighted by Crippen LogP contribution is -2.32. The fraction of sp³-hybridized carbons (Fsp3) is 0.448. The highest BCUT2D eigenvalue weighted by molar-refractivity contribution is 6.46. The fourth-order valence-corrected chi connectivity index (χ4v) is 4.43. The Labute approximate surface area is 219 Å². The summed E-state index contributed by atoms with van der Waals surface area (Å²) in [7, 11) is 3.88. The number of benzene rings is 2. The van der Waals surface area contributed by atoms with Gasteiger partial charge in [0.1, 0.15) is 11.5 Å². The molecule has 0 aliphatic carbocycles. The van der Waals surface area contributed by atoms with Crippen LogP contribution in [0, 0.1) is 6.92 Å². The van der Waals surface area contributed by atoms with Crippen LogP contribution in [0.1, 0.15) is 55.8 Å². The van der Waals surface area contributed by atoms with Gasteiger partial charge in [-0.05, 0) is 88.8 Å². The first kappa shape index (κ1) is 28.1. The molecule has 8 heteroatoms. The van der Waals surface area contributed by atoms with E-state index >= 15 is 0 Å². The minimum absolute atomic E-state index is 0.0158. The van der Waals surface area contributed by atoms with Gasteiger partial charge >= 0.3 is 0 Å². The van der Waals surface area contributed by atoms with Crippen LogP contribution in [0.3, 0.4) is 0 Å². The zero-order valence-electron chi connectivity index (χ0n) is 22.4. The number of phenols is 1. The number of carbonyl (C=O) groups is 2. The molecule has 0 radical (unpaired) electrons. The Morgan fingerprint density at radius 2 is 1.78 bits per heavy atom. The van der Waals surface area contributed by atoms with Crippen LogP contribution in [0.15, 0.2) is 42.0 Å². The van der Waals surface area contributed by atoms with Gasteiger partial charge < -0.3 is 29.5 Å². The molecular formula is C29H38N2O6. The average molecular weight is 511 g/mol. The molecule has 2 N–H and O–H groups in total. The first-order valence-corrected chi connectivity index (χ1v) is 12.8. The maximum absolute atomic E-state index is 13.3. The van der Waals surface area contributed by atoms with Gasteiger partial charge in [-0.15, -0.1) is 0 Å². The maximum Gasteiger partial charge on any atom is 0.295 e. The van der Waals surface area contributed by atoms with Crippen LogP contribution in [0.2, 0.25) is 0 Å². The van der Waals surface area contributed by atoms with Gasteiger partial charge in [-0.1, -0.05) is 19.4 Å². The highest BCUT2D eigenvalue weighted by Crippen LogP contribution is 2.42. The van der Waals surface area contributed by atoms with E-state index in [0.717, 1.165) is 24.9 Å². The van der Waals surface area contributed by atoms with Crippen molar-refractivity contribution in [1.82, 2.24) is 9.80 Å². The van der Waals surface area contributed by atoms with Gasteiger partial charge in [0.25, 0.3) is 11.7 Å². The summed E-state index contributed by atoms with van der Waals surface area (Å²) in [4.78, 5) is 30.0. The molecule has 0 aromatic heterocycles. The Morgan fingerprint density at radius 1 is 1.03 bits per heavy atom. The van der Waals surface area contributed by atoms with Gasteiger partial charge in [0, 0.05) is 12.1 Å². The molecule has 0 saturated carbocycles. The smallest absolute Gasteiger partial charge is 0.295 e. The largest absolute Gasteiger partial charge is 0.507 e. The minimum Gasteiger partial charge on any atom is -0.507 e. The molecule has 2 aromatic carbocycles. The first-order valence-electron chi connectivity index (χ1n) is 12.8. The third-order valence-corrected chi connectivity index (χ3v) is 6.35. The molecule has 0 spiro atoms. The van der Waals surface area contributed by atoms with Crippen molar-refractivity contribution >= 4 is 17.4 Å². The molecule has 1 aliphatic heterocycles. The number of likely N-dealkylation sites (tertiary alicyclic amines) is 1. The number of hydrogen-bond donors (Lipinski definition) is 2. The molecule has 1 amide bonds. The zero-order valence-corrected chi connectivity index (χ0v) is 22.4. The van der Waals surface area contributed by atoms with E-state index in [4.69, 9.17) is 9.47 Å². The lowest BCUT2D eigenvalue weighted by atomic mass is 9.94. The van der Waals surface area contributed by atoms with Crippen molar-refractivity contribution in [3.05, 3.63) is 58.7 Å².